The van der Waals surface area contributed by atoms with Crippen molar-refractivity contribution in [2.75, 3.05) is 23.3 Å². The maximum atomic E-state index is 11.9. The van der Waals surface area contributed by atoms with Crippen LogP contribution >= 0.6 is 39.0 Å². The van der Waals surface area contributed by atoms with Gasteiger partial charge in [-0.1, -0.05) is 39.0 Å². The number of halogens is 1. The molecule has 2 aromatic rings. The summed E-state index contributed by atoms with van der Waals surface area (Å²) in [5, 5.41) is 13.1. The molecule has 0 aliphatic rings. The number of aromatic nitrogens is 2. The Bertz CT molecular complexity index is 722. The van der Waals surface area contributed by atoms with Crippen molar-refractivity contribution in [3.63, 3.8) is 0 Å². The topological polar surface area (TPSA) is 110 Å². The van der Waals surface area contributed by atoms with E-state index in [-0.39, 0.29) is 24.1 Å². The molecule has 4 N–H and O–H groups in total. The number of benzene rings is 1. The van der Waals surface area contributed by atoms with Crippen LogP contribution in [0.5, 0.6) is 0 Å². The number of carbonyl (C=O) groups excluding carboxylic acids is 2. The molecule has 10 heteroatoms. The lowest BCUT2D eigenvalue weighted by molar-refractivity contribution is -0.122. The Labute approximate surface area is 149 Å². The summed E-state index contributed by atoms with van der Waals surface area (Å²) < 4.78 is 1.56. The fraction of sp³-hybridized carbons (Fsp3) is 0.231. The van der Waals surface area contributed by atoms with Crippen molar-refractivity contribution in [3.8, 4) is 0 Å². The first kappa shape index (κ1) is 17.7. The molecule has 1 aromatic heterocycles. The van der Waals surface area contributed by atoms with Crippen LogP contribution in [0.1, 0.15) is 5.56 Å². The second-order valence-corrected chi connectivity index (χ2v) is 7.63. The molecule has 0 unspecified atom stereocenters. The average molecular weight is 416 g/mol. The van der Waals surface area contributed by atoms with Crippen LogP contribution in [0, 0.1) is 6.92 Å². The number of amides is 2. The SMILES string of the molecule is Cc1cc(Br)ccc1NC(=O)CNC(=O)CSc1nnc(N)s1. The first-order chi connectivity index (χ1) is 10.9. The quantitative estimate of drug-likeness (QED) is 0.622. The van der Waals surface area contributed by atoms with Crippen molar-refractivity contribution in [3.05, 3.63) is 28.2 Å². The summed E-state index contributed by atoms with van der Waals surface area (Å²) in [7, 11) is 0. The van der Waals surface area contributed by atoms with E-state index in [0.717, 1.165) is 10.0 Å². The fourth-order valence-electron chi connectivity index (χ4n) is 1.60. The van der Waals surface area contributed by atoms with Gasteiger partial charge in [0.1, 0.15) is 0 Å². The molecule has 1 heterocycles. The van der Waals surface area contributed by atoms with E-state index in [1.165, 1.54) is 23.1 Å². The number of nitrogens with zero attached hydrogens (tertiary/aromatic N) is 2. The van der Waals surface area contributed by atoms with Gasteiger partial charge in [-0.05, 0) is 30.7 Å². The summed E-state index contributed by atoms with van der Waals surface area (Å²) >= 11 is 5.80. The van der Waals surface area contributed by atoms with Crippen molar-refractivity contribution >= 4 is 61.7 Å². The maximum absolute atomic E-state index is 11.9. The first-order valence-electron chi connectivity index (χ1n) is 6.48. The van der Waals surface area contributed by atoms with Crippen molar-refractivity contribution in [2.45, 2.75) is 11.3 Å². The van der Waals surface area contributed by atoms with Gasteiger partial charge in [-0.2, -0.15) is 0 Å². The number of rotatable bonds is 6. The van der Waals surface area contributed by atoms with Gasteiger partial charge in [0.15, 0.2) is 4.34 Å². The summed E-state index contributed by atoms with van der Waals surface area (Å²) in [6.45, 7) is 1.80. The Morgan fingerprint density at radius 3 is 2.78 bits per heavy atom. The highest BCUT2D eigenvalue weighted by atomic mass is 79.9. The van der Waals surface area contributed by atoms with Gasteiger partial charge < -0.3 is 16.4 Å². The minimum absolute atomic E-state index is 0.0901. The monoisotopic (exact) mass is 415 g/mol. The number of nitrogens with one attached hydrogen (secondary N) is 2. The Balaban J connectivity index is 1.74. The zero-order valence-electron chi connectivity index (χ0n) is 12.1. The number of anilines is 2. The third-order valence-corrected chi connectivity index (χ3v) is 5.04. The fourth-order valence-corrected chi connectivity index (χ4v) is 3.54. The van der Waals surface area contributed by atoms with Crippen molar-refractivity contribution in [2.24, 2.45) is 0 Å². The molecule has 0 spiro atoms. The Hall–Kier alpha value is -1.65. The zero-order valence-corrected chi connectivity index (χ0v) is 15.3. The predicted molar refractivity (Wildman–Crippen MR) is 95.6 cm³/mol. The second-order valence-electron chi connectivity index (χ2n) is 4.48. The smallest absolute Gasteiger partial charge is 0.243 e. The lowest BCUT2D eigenvalue weighted by Gasteiger charge is -2.09. The molecule has 0 aliphatic heterocycles. The molecular weight excluding hydrogens is 402 g/mol. The van der Waals surface area contributed by atoms with Crippen molar-refractivity contribution in [1.29, 1.82) is 0 Å². The molecule has 0 aliphatic carbocycles. The molecule has 2 rings (SSSR count). The predicted octanol–water partition coefficient (Wildman–Crippen LogP) is 2.04. The van der Waals surface area contributed by atoms with Gasteiger partial charge in [-0.25, -0.2) is 0 Å². The van der Waals surface area contributed by atoms with Gasteiger partial charge in [0, 0.05) is 10.2 Å². The molecule has 122 valence electrons. The summed E-state index contributed by atoms with van der Waals surface area (Å²) in [6, 6.07) is 5.54. The van der Waals surface area contributed by atoms with Crippen LogP contribution in [0.25, 0.3) is 0 Å². The Morgan fingerprint density at radius 2 is 2.13 bits per heavy atom. The van der Waals surface area contributed by atoms with E-state index in [1.54, 1.807) is 6.07 Å². The highest BCUT2D eigenvalue weighted by Crippen LogP contribution is 2.23. The Morgan fingerprint density at radius 1 is 1.35 bits per heavy atom. The molecular formula is C13H14BrN5O2S2. The average Bonchev–Trinajstić information content (AvgIpc) is 2.91. The highest BCUT2D eigenvalue weighted by Gasteiger charge is 2.09. The number of carbonyl (C=O) groups is 2. The van der Waals surface area contributed by atoms with Gasteiger partial charge >= 0.3 is 0 Å². The number of nitrogen functional groups attached to an aromatic ring is 1. The lowest BCUT2D eigenvalue weighted by atomic mass is 10.2. The first-order valence-corrected chi connectivity index (χ1v) is 9.08. The van der Waals surface area contributed by atoms with Gasteiger partial charge in [0.05, 0.1) is 12.3 Å². The van der Waals surface area contributed by atoms with Gasteiger partial charge in [0.25, 0.3) is 0 Å². The van der Waals surface area contributed by atoms with Crippen LogP contribution in [0.3, 0.4) is 0 Å². The number of hydrogen-bond acceptors (Lipinski definition) is 7. The highest BCUT2D eigenvalue weighted by molar-refractivity contribution is 9.10. The van der Waals surface area contributed by atoms with E-state index in [2.05, 4.69) is 36.8 Å². The zero-order chi connectivity index (χ0) is 16.8. The molecule has 0 saturated heterocycles. The third kappa shape index (κ3) is 5.81. The van der Waals surface area contributed by atoms with Gasteiger partial charge in [-0.3, -0.25) is 9.59 Å². The minimum Gasteiger partial charge on any atom is -0.374 e. The van der Waals surface area contributed by atoms with Crippen LogP contribution in [0.4, 0.5) is 10.8 Å². The summed E-state index contributed by atoms with van der Waals surface area (Å²) in [4.78, 5) is 23.5. The normalized spacial score (nSPS) is 10.3. The molecule has 0 fully saturated rings. The third-order valence-electron chi connectivity index (χ3n) is 2.66. The number of hydrogen-bond donors (Lipinski definition) is 3. The number of thioether (sulfide) groups is 1. The molecule has 2 amide bonds. The van der Waals surface area contributed by atoms with Gasteiger partial charge in [0.2, 0.25) is 16.9 Å². The summed E-state index contributed by atoms with van der Waals surface area (Å²) in [5.74, 6) is -0.389. The lowest BCUT2D eigenvalue weighted by Crippen LogP contribution is -2.34. The van der Waals surface area contributed by atoms with Crippen LogP contribution in [0.2, 0.25) is 0 Å². The maximum Gasteiger partial charge on any atom is 0.243 e. The van der Waals surface area contributed by atoms with E-state index < -0.39 is 0 Å². The number of nitrogens with two attached hydrogens (primary N) is 1. The minimum atomic E-state index is -0.283. The van der Waals surface area contributed by atoms with E-state index in [9.17, 15) is 9.59 Å². The summed E-state index contributed by atoms with van der Waals surface area (Å²) in [5.41, 5.74) is 7.10. The molecule has 7 nitrogen and oxygen atoms in total. The van der Waals surface area contributed by atoms with E-state index in [0.29, 0.717) is 15.2 Å². The van der Waals surface area contributed by atoms with Gasteiger partial charge in [-0.15, -0.1) is 10.2 Å². The standard InChI is InChI=1S/C13H14BrN5O2S2/c1-7-4-8(14)2-3-9(7)17-10(20)5-16-11(21)6-22-13-19-18-12(15)23-13/h2-4H,5-6H2,1H3,(H2,15,18)(H,16,21)(H,17,20). The van der Waals surface area contributed by atoms with Crippen LogP contribution in [-0.4, -0.2) is 34.3 Å². The van der Waals surface area contributed by atoms with E-state index in [4.69, 9.17) is 5.73 Å². The second kappa shape index (κ2) is 8.27. The van der Waals surface area contributed by atoms with E-state index in [1.807, 2.05) is 19.1 Å². The van der Waals surface area contributed by atoms with E-state index >= 15 is 0 Å². The van der Waals surface area contributed by atoms with Crippen LogP contribution < -0.4 is 16.4 Å². The number of aryl methyl sites for hydroxylation is 1. The largest absolute Gasteiger partial charge is 0.374 e. The molecule has 1 aromatic carbocycles. The molecule has 23 heavy (non-hydrogen) atoms. The van der Waals surface area contributed by atoms with Crippen LogP contribution in [0.15, 0.2) is 27.0 Å². The van der Waals surface area contributed by atoms with Crippen molar-refractivity contribution in [1.82, 2.24) is 15.5 Å². The summed E-state index contributed by atoms with van der Waals surface area (Å²) in [6.07, 6.45) is 0. The molecule has 0 bridgehead atoms. The Kier molecular flexibility index (Phi) is 6.37. The van der Waals surface area contributed by atoms with Crippen molar-refractivity contribution < 1.29 is 9.59 Å². The molecule has 0 atom stereocenters. The molecule has 0 saturated carbocycles. The van der Waals surface area contributed by atoms with Crippen LogP contribution in [-0.2, 0) is 9.59 Å². The molecule has 0 radical (unpaired) electrons.